The highest BCUT2D eigenvalue weighted by Gasteiger charge is 2.18. The first-order valence-electron chi connectivity index (χ1n) is 5.76. The van der Waals surface area contributed by atoms with E-state index < -0.39 is 0 Å². The summed E-state index contributed by atoms with van der Waals surface area (Å²) >= 11 is 0. The Morgan fingerprint density at radius 3 is 2.25 bits per heavy atom. The molecule has 0 saturated heterocycles. The first-order chi connectivity index (χ1) is 9.62. The van der Waals surface area contributed by atoms with Gasteiger partial charge in [-0.05, 0) is 30.3 Å². The number of hydrogen-bond donors (Lipinski definition) is 2. The number of ether oxygens (including phenoxy) is 1. The Bertz CT molecular complexity index is 676. The second kappa shape index (κ2) is 5.44. The molecule has 0 amide bonds. The Kier molecular flexibility index (Phi) is 3.70. The Morgan fingerprint density at radius 1 is 1.00 bits per heavy atom. The molecule has 0 unspecified atom stereocenters. The van der Waals surface area contributed by atoms with Gasteiger partial charge >= 0.3 is 0 Å². The molecule has 102 valence electrons. The van der Waals surface area contributed by atoms with Crippen LogP contribution in [0.1, 0.15) is 20.7 Å². The Balaban J connectivity index is 2.87. The third kappa shape index (κ3) is 2.21. The average molecular weight is 272 g/mol. The van der Waals surface area contributed by atoms with Crippen molar-refractivity contribution < 1.29 is 24.5 Å². The summed E-state index contributed by atoms with van der Waals surface area (Å²) in [5.41, 5.74) is 1.10. The van der Waals surface area contributed by atoms with Crippen molar-refractivity contribution in [2.24, 2.45) is 0 Å². The zero-order valence-electron chi connectivity index (χ0n) is 10.7. The molecule has 5 heteroatoms. The van der Waals surface area contributed by atoms with Gasteiger partial charge in [0.05, 0.1) is 7.11 Å². The molecule has 20 heavy (non-hydrogen) atoms. The summed E-state index contributed by atoms with van der Waals surface area (Å²) in [6, 6.07) is 6.88. The van der Waals surface area contributed by atoms with Crippen LogP contribution >= 0.6 is 0 Å². The Morgan fingerprint density at radius 2 is 1.65 bits per heavy atom. The lowest BCUT2D eigenvalue weighted by Gasteiger charge is -2.14. The van der Waals surface area contributed by atoms with E-state index in [9.17, 15) is 19.8 Å². The fourth-order valence-electron chi connectivity index (χ4n) is 2.03. The van der Waals surface area contributed by atoms with Gasteiger partial charge in [-0.25, -0.2) is 0 Å². The van der Waals surface area contributed by atoms with Crippen LogP contribution in [0.25, 0.3) is 11.1 Å². The van der Waals surface area contributed by atoms with Gasteiger partial charge in [0.1, 0.15) is 5.75 Å². The zero-order chi connectivity index (χ0) is 14.7. The minimum atomic E-state index is -0.159. The predicted molar refractivity (Wildman–Crippen MR) is 72.5 cm³/mol. The van der Waals surface area contributed by atoms with Crippen LogP contribution in [-0.4, -0.2) is 29.9 Å². The number of methoxy groups -OCH3 is 1. The fourth-order valence-corrected chi connectivity index (χ4v) is 2.03. The monoisotopic (exact) mass is 272 g/mol. The second-order valence-electron chi connectivity index (χ2n) is 4.09. The number of phenolic OH excluding ortho intramolecular Hbond substituents is 2. The minimum Gasteiger partial charge on any atom is -0.508 e. The molecule has 0 atom stereocenters. The van der Waals surface area contributed by atoms with Crippen LogP contribution in [0.5, 0.6) is 17.2 Å². The summed E-state index contributed by atoms with van der Waals surface area (Å²) in [7, 11) is 1.34. The van der Waals surface area contributed by atoms with Gasteiger partial charge in [0.25, 0.3) is 0 Å². The van der Waals surface area contributed by atoms with E-state index >= 15 is 0 Å². The molecule has 0 bridgehead atoms. The quantitative estimate of drug-likeness (QED) is 0.835. The number of hydrogen-bond acceptors (Lipinski definition) is 5. The van der Waals surface area contributed by atoms with Gasteiger partial charge in [-0.1, -0.05) is 0 Å². The fraction of sp³-hybridized carbons (Fsp3) is 0.0667. The number of aromatic hydroxyl groups is 2. The lowest BCUT2D eigenvalue weighted by Crippen LogP contribution is -1.97. The summed E-state index contributed by atoms with van der Waals surface area (Å²) in [5, 5.41) is 19.4. The van der Waals surface area contributed by atoms with Crippen molar-refractivity contribution in [2.45, 2.75) is 0 Å². The van der Waals surface area contributed by atoms with E-state index in [-0.39, 0.29) is 33.9 Å². The van der Waals surface area contributed by atoms with Gasteiger partial charge in [-0.15, -0.1) is 0 Å². The van der Waals surface area contributed by atoms with Gasteiger partial charge in [0.2, 0.25) is 0 Å². The van der Waals surface area contributed by atoms with E-state index in [1.165, 1.54) is 37.4 Å². The average Bonchev–Trinajstić information content (AvgIpc) is 2.46. The van der Waals surface area contributed by atoms with Crippen LogP contribution in [0.4, 0.5) is 0 Å². The van der Waals surface area contributed by atoms with Crippen molar-refractivity contribution in [1.29, 1.82) is 0 Å². The third-order valence-electron chi connectivity index (χ3n) is 2.93. The molecular weight excluding hydrogens is 260 g/mol. The second-order valence-corrected chi connectivity index (χ2v) is 4.09. The maximum Gasteiger partial charge on any atom is 0.169 e. The maximum atomic E-state index is 11.2. The molecule has 2 rings (SSSR count). The minimum absolute atomic E-state index is 0.0622. The van der Waals surface area contributed by atoms with Gasteiger partial charge in [0.15, 0.2) is 24.1 Å². The molecule has 2 aromatic rings. The smallest absolute Gasteiger partial charge is 0.169 e. The normalized spacial score (nSPS) is 10.1. The zero-order valence-corrected chi connectivity index (χ0v) is 10.7. The predicted octanol–water partition coefficient (Wildman–Crippen LogP) is 2.40. The molecule has 0 radical (unpaired) electrons. The molecule has 0 fully saturated rings. The van der Waals surface area contributed by atoms with Crippen molar-refractivity contribution >= 4 is 12.6 Å². The van der Waals surface area contributed by atoms with E-state index in [0.717, 1.165) is 0 Å². The van der Waals surface area contributed by atoms with Crippen molar-refractivity contribution in [3.8, 4) is 28.4 Å². The summed E-state index contributed by atoms with van der Waals surface area (Å²) in [4.78, 5) is 22.3. The van der Waals surface area contributed by atoms with Crippen LogP contribution in [0.3, 0.4) is 0 Å². The van der Waals surface area contributed by atoms with E-state index in [2.05, 4.69) is 0 Å². The van der Waals surface area contributed by atoms with E-state index in [0.29, 0.717) is 18.1 Å². The number of benzene rings is 2. The molecule has 0 aliphatic carbocycles. The third-order valence-corrected chi connectivity index (χ3v) is 2.93. The van der Waals surface area contributed by atoms with Gasteiger partial charge in [-0.2, -0.15) is 0 Å². The van der Waals surface area contributed by atoms with Crippen molar-refractivity contribution in [3.05, 3.63) is 41.5 Å². The summed E-state index contributed by atoms with van der Waals surface area (Å²) < 4.78 is 5.11. The van der Waals surface area contributed by atoms with Gasteiger partial charge in [0, 0.05) is 22.3 Å². The highest BCUT2D eigenvalue weighted by Crippen LogP contribution is 2.41. The van der Waals surface area contributed by atoms with Crippen LogP contribution < -0.4 is 4.74 Å². The Hall–Kier alpha value is -2.82. The van der Waals surface area contributed by atoms with Crippen molar-refractivity contribution in [1.82, 2.24) is 0 Å². The Labute approximate surface area is 115 Å². The standard InChI is InChI=1S/C15H12O5/c1-20-15-13(19)5-3-10(8-17)14(15)12-6-11(18)4-2-9(12)7-16/h2-8,18-19H,1H3. The number of carbonyl (C=O) groups excluding carboxylic acids is 2. The van der Waals surface area contributed by atoms with Gasteiger partial charge in [-0.3, -0.25) is 9.59 Å². The summed E-state index contributed by atoms with van der Waals surface area (Å²) in [5.74, 6) is -0.149. The number of phenols is 2. The molecule has 0 heterocycles. The van der Waals surface area contributed by atoms with E-state index in [1.54, 1.807) is 0 Å². The van der Waals surface area contributed by atoms with Crippen LogP contribution in [0, 0.1) is 0 Å². The number of aldehydes is 2. The largest absolute Gasteiger partial charge is 0.508 e. The van der Waals surface area contributed by atoms with Crippen molar-refractivity contribution in [3.63, 3.8) is 0 Å². The first-order valence-corrected chi connectivity index (χ1v) is 5.76. The van der Waals surface area contributed by atoms with E-state index in [1.807, 2.05) is 0 Å². The van der Waals surface area contributed by atoms with E-state index in [4.69, 9.17) is 4.74 Å². The van der Waals surface area contributed by atoms with Crippen LogP contribution in [-0.2, 0) is 0 Å². The molecular formula is C15H12O5. The molecule has 0 spiro atoms. The lowest BCUT2D eigenvalue weighted by atomic mass is 9.94. The maximum absolute atomic E-state index is 11.2. The molecule has 2 N–H and O–H groups in total. The highest BCUT2D eigenvalue weighted by molar-refractivity contribution is 5.98. The van der Waals surface area contributed by atoms with Crippen LogP contribution in [0.2, 0.25) is 0 Å². The molecule has 2 aromatic carbocycles. The molecule has 0 aliphatic heterocycles. The molecule has 0 aromatic heterocycles. The SMILES string of the molecule is COc1c(O)ccc(C=O)c1-c1cc(O)ccc1C=O. The number of rotatable bonds is 4. The molecule has 0 saturated carbocycles. The highest BCUT2D eigenvalue weighted by atomic mass is 16.5. The topological polar surface area (TPSA) is 83.8 Å². The lowest BCUT2D eigenvalue weighted by molar-refractivity contribution is 0.111. The molecule has 0 aliphatic rings. The van der Waals surface area contributed by atoms with Crippen molar-refractivity contribution in [2.75, 3.05) is 7.11 Å². The van der Waals surface area contributed by atoms with Gasteiger partial charge < -0.3 is 14.9 Å². The first kappa shape index (κ1) is 13.6. The van der Waals surface area contributed by atoms with Crippen LogP contribution in [0.15, 0.2) is 30.3 Å². The molecule has 5 nitrogen and oxygen atoms in total. The summed E-state index contributed by atoms with van der Waals surface area (Å²) in [6.45, 7) is 0. The number of carbonyl (C=O) groups is 2. The summed E-state index contributed by atoms with van der Waals surface area (Å²) in [6.07, 6.45) is 1.20.